The van der Waals surface area contributed by atoms with Crippen LogP contribution < -0.4 is 0 Å². The fourth-order valence-corrected chi connectivity index (χ4v) is 3.49. The molecule has 0 aliphatic carbocycles. The molecule has 0 aromatic heterocycles. The summed E-state index contributed by atoms with van der Waals surface area (Å²) in [6.07, 6.45) is 5.13. The van der Waals surface area contributed by atoms with E-state index >= 15 is 0 Å². The van der Waals surface area contributed by atoms with Gasteiger partial charge in [-0.3, -0.25) is 14.8 Å². The molecule has 152 valence electrons. The van der Waals surface area contributed by atoms with Gasteiger partial charge in [0.15, 0.2) is 0 Å². The molecule has 0 aromatic carbocycles. The third-order valence-corrected chi connectivity index (χ3v) is 4.98. The number of nitrogens with zero attached hydrogens (tertiary/aromatic N) is 2. The first-order valence-corrected chi connectivity index (χ1v) is 10.3. The second-order valence-corrected chi connectivity index (χ2v) is 6.56. The molecule has 2 rings (SSSR count). The number of carbonyl (C=O) groups is 1. The molecule has 0 amide bonds. The molecule has 0 fully saturated rings. The van der Waals surface area contributed by atoms with Crippen LogP contribution in [0.1, 0.15) is 73.1 Å². The van der Waals surface area contributed by atoms with Crippen molar-refractivity contribution in [2.75, 3.05) is 26.3 Å². The minimum atomic E-state index is -0.137. The van der Waals surface area contributed by atoms with Crippen molar-refractivity contribution in [3.63, 3.8) is 0 Å². The largest absolute Gasteiger partial charge is 0.466 e. The number of ether oxygens (including phenoxy) is 1. The molecule has 5 nitrogen and oxygen atoms in total. The van der Waals surface area contributed by atoms with E-state index in [0.29, 0.717) is 13.0 Å². The number of rotatable bonds is 9. The van der Waals surface area contributed by atoms with Gasteiger partial charge in [0.25, 0.3) is 0 Å². The third kappa shape index (κ3) is 6.73. The molecule has 0 bridgehead atoms. The monoisotopic (exact) mass is 376 g/mol. The number of carbonyl (C=O) groups excluding carboxylic acids is 1. The standard InChI is InChI=1S/C12H19NO2.C10H17NO/c1-4-9-8-13-11(5-2)10(9)7-12(14)15-6-3;1-3-8-7-11-10(4-2)9(8)5-6-12/h4-8H2,1-3H3;12H,3-7H2,1-2H3. The van der Waals surface area contributed by atoms with Crippen molar-refractivity contribution < 1.29 is 14.6 Å². The summed E-state index contributed by atoms with van der Waals surface area (Å²) < 4.78 is 4.96. The first-order chi connectivity index (χ1) is 13.1. The van der Waals surface area contributed by atoms with Gasteiger partial charge in [-0.1, -0.05) is 27.7 Å². The maximum atomic E-state index is 11.4. The van der Waals surface area contributed by atoms with Crippen LogP contribution in [0.4, 0.5) is 0 Å². The molecule has 0 radical (unpaired) electrons. The SMILES string of the molecule is CCC1=NCC(CC)=C1CCO.CCOC(=O)CC1=C(CC)CN=C1CC. The van der Waals surface area contributed by atoms with Crippen molar-refractivity contribution in [1.29, 1.82) is 0 Å². The molecule has 5 heteroatoms. The summed E-state index contributed by atoms with van der Waals surface area (Å²) in [5.41, 5.74) is 7.45. The lowest BCUT2D eigenvalue weighted by molar-refractivity contribution is -0.142. The minimum Gasteiger partial charge on any atom is -0.466 e. The van der Waals surface area contributed by atoms with E-state index < -0.39 is 0 Å². The maximum absolute atomic E-state index is 11.4. The summed E-state index contributed by atoms with van der Waals surface area (Å²) in [6, 6.07) is 0. The highest BCUT2D eigenvalue weighted by atomic mass is 16.5. The van der Waals surface area contributed by atoms with Gasteiger partial charge in [-0.2, -0.15) is 0 Å². The number of aliphatic imine (C=N–C) groups is 2. The minimum absolute atomic E-state index is 0.137. The van der Waals surface area contributed by atoms with Crippen molar-refractivity contribution in [3.8, 4) is 0 Å². The van der Waals surface area contributed by atoms with Gasteiger partial charge in [-0.25, -0.2) is 0 Å². The lowest BCUT2D eigenvalue weighted by Gasteiger charge is -2.07. The van der Waals surface area contributed by atoms with E-state index in [1.807, 2.05) is 6.92 Å². The molecule has 0 unspecified atom stereocenters. The van der Waals surface area contributed by atoms with Gasteiger partial charge in [0.2, 0.25) is 0 Å². The topological polar surface area (TPSA) is 71.2 Å². The fraction of sp³-hybridized carbons (Fsp3) is 0.682. The van der Waals surface area contributed by atoms with Crippen molar-refractivity contribution in [1.82, 2.24) is 0 Å². The van der Waals surface area contributed by atoms with Crippen molar-refractivity contribution >= 4 is 17.4 Å². The molecule has 0 spiro atoms. The first kappa shape index (κ1) is 23.3. The molecule has 0 atom stereocenters. The summed E-state index contributed by atoms with van der Waals surface area (Å²) >= 11 is 0. The third-order valence-electron chi connectivity index (χ3n) is 4.98. The highest BCUT2D eigenvalue weighted by Gasteiger charge is 2.20. The molecular weight excluding hydrogens is 340 g/mol. The summed E-state index contributed by atoms with van der Waals surface area (Å²) in [6.45, 7) is 12.6. The smallest absolute Gasteiger partial charge is 0.310 e. The molecule has 2 aliphatic rings. The molecular formula is C22H36N2O3. The Kier molecular flexibility index (Phi) is 10.9. The van der Waals surface area contributed by atoms with Gasteiger partial charge in [0, 0.05) is 18.0 Å². The van der Waals surface area contributed by atoms with Crippen molar-refractivity contribution in [2.45, 2.75) is 73.1 Å². The van der Waals surface area contributed by atoms with Crippen LogP contribution in [-0.2, 0) is 9.53 Å². The number of hydrogen-bond acceptors (Lipinski definition) is 5. The van der Waals surface area contributed by atoms with Gasteiger partial charge in [0.05, 0.1) is 26.1 Å². The van der Waals surface area contributed by atoms with Crippen LogP contribution in [0.15, 0.2) is 32.3 Å². The van der Waals surface area contributed by atoms with Gasteiger partial charge in [0.1, 0.15) is 0 Å². The lowest BCUT2D eigenvalue weighted by Crippen LogP contribution is -2.10. The van der Waals surface area contributed by atoms with Gasteiger partial charge >= 0.3 is 5.97 Å². The Balaban J connectivity index is 0.000000277. The summed E-state index contributed by atoms with van der Waals surface area (Å²) in [5.74, 6) is -0.137. The van der Waals surface area contributed by atoms with E-state index in [4.69, 9.17) is 9.84 Å². The fourth-order valence-electron chi connectivity index (χ4n) is 3.49. The zero-order chi connectivity index (χ0) is 20.2. The Bertz CT molecular complexity index is 627. The first-order valence-electron chi connectivity index (χ1n) is 10.3. The number of aliphatic hydroxyl groups is 1. The highest BCUT2D eigenvalue weighted by Crippen LogP contribution is 2.23. The Morgan fingerprint density at radius 3 is 1.85 bits per heavy atom. The lowest BCUT2D eigenvalue weighted by atomic mass is 10.00. The molecule has 1 N–H and O–H groups in total. The molecule has 27 heavy (non-hydrogen) atoms. The van der Waals surface area contributed by atoms with Crippen molar-refractivity contribution in [3.05, 3.63) is 22.3 Å². The average Bonchev–Trinajstić information content (AvgIpc) is 3.25. The second-order valence-electron chi connectivity index (χ2n) is 6.56. The van der Waals surface area contributed by atoms with Crippen LogP contribution in [0.2, 0.25) is 0 Å². The zero-order valence-corrected chi connectivity index (χ0v) is 17.7. The number of aliphatic hydroxyl groups excluding tert-OH is 1. The number of esters is 1. The van der Waals surface area contributed by atoms with Crippen LogP contribution >= 0.6 is 0 Å². The van der Waals surface area contributed by atoms with E-state index in [1.54, 1.807) is 0 Å². The van der Waals surface area contributed by atoms with Crippen LogP contribution in [-0.4, -0.2) is 48.8 Å². The highest BCUT2D eigenvalue weighted by molar-refractivity contribution is 6.05. The van der Waals surface area contributed by atoms with Gasteiger partial charge in [-0.15, -0.1) is 0 Å². The van der Waals surface area contributed by atoms with Crippen LogP contribution in [0, 0.1) is 0 Å². The van der Waals surface area contributed by atoms with E-state index in [9.17, 15) is 4.79 Å². The van der Waals surface area contributed by atoms with Crippen LogP contribution in [0.5, 0.6) is 0 Å². The van der Waals surface area contributed by atoms with Gasteiger partial charge in [-0.05, 0) is 61.3 Å². The van der Waals surface area contributed by atoms with Crippen LogP contribution in [0.25, 0.3) is 0 Å². The molecule has 0 aromatic rings. The van der Waals surface area contributed by atoms with E-state index in [0.717, 1.165) is 56.5 Å². The zero-order valence-electron chi connectivity index (χ0n) is 17.7. The molecule has 2 aliphatic heterocycles. The summed E-state index contributed by atoms with van der Waals surface area (Å²) in [4.78, 5) is 20.3. The predicted molar refractivity (Wildman–Crippen MR) is 113 cm³/mol. The van der Waals surface area contributed by atoms with E-state index in [-0.39, 0.29) is 12.6 Å². The quantitative estimate of drug-likeness (QED) is 0.604. The predicted octanol–water partition coefficient (Wildman–Crippen LogP) is 4.45. The Morgan fingerprint density at radius 2 is 1.41 bits per heavy atom. The van der Waals surface area contributed by atoms with E-state index in [2.05, 4.69) is 37.7 Å². The van der Waals surface area contributed by atoms with Gasteiger partial charge < -0.3 is 9.84 Å². The number of hydrogen-bond donors (Lipinski definition) is 1. The Hall–Kier alpha value is -1.75. The maximum Gasteiger partial charge on any atom is 0.310 e. The normalized spacial score (nSPS) is 16.2. The van der Waals surface area contributed by atoms with Crippen LogP contribution in [0.3, 0.4) is 0 Å². The average molecular weight is 377 g/mol. The van der Waals surface area contributed by atoms with Crippen molar-refractivity contribution in [2.24, 2.45) is 9.98 Å². The second kappa shape index (κ2) is 12.6. The Labute approximate surface area is 164 Å². The molecule has 0 saturated carbocycles. The van der Waals surface area contributed by atoms with E-state index in [1.165, 1.54) is 22.4 Å². The summed E-state index contributed by atoms with van der Waals surface area (Å²) in [5, 5.41) is 8.86. The molecule has 0 saturated heterocycles. The summed E-state index contributed by atoms with van der Waals surface area (Å²) in [7, 11) is 0. The Morgan fingerprint density at radius 1 is 0.889 bits per heavy atom. The molecule has 2 heterocycles.